The van der Waals surface area contributed by atoms with Crippen LogP contribution in [0.25, 0.3) is 0 Å². The summed E-state index contributed by atoms with van der Waals surface area (Å²) in [5, 5.41) is 16.4. The molecule has 0 aromatic heterocycles. The van der Waals surface area contributed by atoms with Crippen LogP contribution in [0.5, 0.6) is 5.75 Å². The lowest BCUT2D eigenvalue weighted by molar-refractivity contribution is -0.385. The topological polar surface area (TPSA) is 119 Å². The van der Waals surface area contributed by atoms with Gasteiger partial charge in [0, 0.05) is 16.1 Å². The predicted octanol–water partition coefficient (Wildman–Crippen LogP) is 3.72. The number of hydrogen-bond acceptors (Lipinski definition) is 7. The molecular formula is C23H16BrN3O6. The van der Waals surface area contributed by atoms with E-state index in [1.807, 2.05) is 12.2 Å². The molecule has 166 valence electrons. The molecule has 0 radical (unpaired) electrons. The summed E-state index contributed by atoms with van der Waals surface area (Å²) in [4.78, 5) is 49.1. The van der Waals surface area contributed by atoms with Gasteiger partial charge >= 0.3 is 11.7 Å². The number of rotatable bonds is 5. The molecule has 33 heavy (non-hydrogen) atoms. The van der Waals surface area contributed by atoms with Gasteiger partial charge < -0.3 is 4.74 Å². The van der Waals surface area contributed by atoms with Crippen molar-refractivity contribution < 1.29 is 24.0 Å². The normalized spacial score (nSPS) is 25.2. The zero-order valence-corrected chi connectivity index (χ0v) is 18.5. The minimum absolute atomic E-state index is 0.0388. The van der Waals surface area contributed by atoms with Crippen LogP contribution in [0.1, 0.15) is 22.3 Å². The largest absolute Gasteiger partial charge is 0.415 e. The van der Waals surface area contributed by atoms with Crippen molar-refractivity contribution in [1.29, 1.82) is 0 Å². The van der Waals surface area contributed by atoms with Crippen molar-refractivity contribution in [2.75, 3.05) is 0 Å². The lowest BCUT2D eigenvalue weighted by Gasteiger charge is -2.13. The van der Waals surface area contributed by atoms with Gasteiger partial charge in [0.05, 0.1) is 28.5 Å². The fourth-order valence-electron chi connectivity index (χ4n) is 4.76. The first-order chi connectivity index (χ1) is 15.8. The molecule has 9 nitrogen and oxygen atoms in total. The van der Waals surface area contributed by atoms with Crippen LogP contribution < -0.4 is 4.74 Å². The standard InChI is InChI=1S/C23H16BrN3O6/c24-16-8-6-12(7-9-16)23(30)33-20-15(2-1-3-17(20)27(31)32)11-25-26-21(28)18-13-4-5-14(10-13)19(18)22(26)29/h1-9,11,13-14,18-19H,10H2/t13-,14-,18-,19+/m0/s1. The molecule has 4 atom stereocenters. The van der Waals surface area contributed by atoms with Gasteiger partial charge in [0.2, 0.25) is 5.75 Å². The number of ether oxygens (including phenoxy) is 1. The molecule has 2 aromatic rings. The number of halogens is 1. The molecule has 1 saturated heterocycles. The number of hydrogen-bond donors (Lipinski definition) is 0. The third-order valence-electron chi connectivity index (χ3n) is 6.26. The van der Waals surface area contributed by atoms with Crippen LogP contribution in [0.2, 0.25) is 0 Å². The lowest BCUT2D eigenvalue weighted by atomic mass is 9.85. The first kappa shape index (κ1) is 21.2. The molecule has 2 bridgehead atoms. The van der Waals surface area contributed by atoms with E-state index in [2.05, 4.69) is 21.0 Å². The predicted molar refractivity (Wildman–Crippen MR) is 119 cm³/mol. The monoisotopic (exact) mass is 509 g/mol. The molecule has 2 amide bonds. The summed E-state index contributed by atoms with van der Waals surface area (Å²) in [7, 11) is 0. The maximum atomic E-state index is 12.8. The van der Waals surface area contributed by atoms with Gasteiger partial charge in [-0.3, -0.25) is 19.7 Å². The number of para-hydroxylation sites is 1. The number of fused-ring (bicyclic) bond motifs is 5. The summed E-state index contributed by atoms with van der Waals surface area (Å²) >= 11 is 3.27. The number of imide groups is 1. The Hall–Kier alpha value is -3.66. The molecule has 5 rings (SSSR count). The highest BCUT2D eigenvalue weighted by atomic mass is 79.9. The van der Waals surface area contributed by atoms with Gasteiger partial charge in [0.25, 0.3) is 11.8 Å². The van der Waals surface area contributed by atoms with E-state index in [1.54, 1.807) is 12.1 Å². The fourth-order valence-corrected chi connectivity index (χ4v) is 5.02. The van der Waals surface area contributed by atoms with E-state index in [0.29, 0.717) is 0 Å². The molecule has 1 saturated carbocycles. The third kappa shape index (κ3) is 3.56. The number of carbonyl (C=O) groups excluding carboxylic acids is 3. The van der Waals surface area contributed by atoms with Gasteiger partial charge in [-0.15, -0.1) is 0 Å². The van der Waals surface area contributed by atoms with Crippen LogP contribution in [0.4, 0.5) is 5.69 Å². The second kappa shape index (κ2) is 8.04. The minimum atomic E-state index is -0.794. The Labute approximate surface area is 196 Å². The number of esters is 1. The number of benzene rings is 2. The van der Waals surface area contributed by atoms with Gasteiger partial charge in [-0.25, -0.2) is 4.79 Å². The second-order valence-electron chi connectivity index (χ2n) is 8.08. The molecule has 0 N–H and O–H groups in total. The van der Waals surface area contributed by atoms with E-state index in [4.69, 9.17) is 4.74 Å². The number of nitro groups is 1. The Morgan fingerprint density at radius 3 is 2.33 bits per heavy atom. The number of hydrazone groups is 1. The van der Waals surface area contributed by atoms with Crippen molar-refractivity contribution in [2.24, 2.45) is 28.8 Å². The summed E-state index contributed by atoms with van der Waals surface area (Å²) in [6.07, 6.45) is 5.89. The smallest absolute Gasteiger partial charge is 0.343 e. The molecule has 2 fully saturated rings. The Balaban J connectivity index is 1.44. The highest BCUT2D eigenvalue weighted by molar-refractivity contribution is 9.10. The first-order valence-corrected chi connectivity index (χ1v) is 11.0. The van der Waals surface area contributed by atoms with Gasteiger partial charge in [-0.2, -0.15) is 10.1 Å². The van der Waals surface area contributed by atoms with Crippen LogP contribution in [-0.4, -0.2) is 33.9 Å². The number of amides is 2. The summed E-state index contributed by atoms with van der Waals surface area (Å²) in [6.45, 7) is 0. The van der Waals surface area contributed by atoms with E-state index in [-0.39, 0.29) is 40.5 Å². The zero-order chi connectivity index (χ0) is 23.3. The van der Waals surface area contributed by atoms with E-state index in [1.165, 1.54) is 30.3 Å². The number of nitro benzene ring substituents is 1. The average Bonchev–Trinajstić information content (AvgIpc) is 3.47. The van der Waals surface area contributed by atoms with Crippen molar-refractivity contribution in [1.82, 2.24) is 5.01 Å². The molecule has 3 aliphatic rings. The van der Waals surface area contributed by atoms with Gasteiger partial charge in [0.1, 0.15) is 0 Å². The van der Waals surface area contributed by atoms with Crippen molar-refractivity contribution in [3.63, 3.8) is 0 Å². The van der Waals surface area contributed by atoms with Crippen molar-refractivity contribution in [2.45, 2.75) is 6.42 Å². The van der Waals surface area contributed by atoms with Gasteiger partial charge in [-0.1, -0.05) is 34.1 Å². The second-order valence-corrected chi connectivity index (χ2v) is 9.00. The van der Waals surface area contributed by atoms with Crippen molar-refractivity contribution in [3.05, 3.63) is 80.3 Å². The van der Waals surface area contributed by atoms with Crippen LogP contribution in [-0.2, 0) is 9.59 Å². The van der Waals surface area contributed by atoms with Crippen LogP contribution in [0, 0.1) is 33.8 Å². The van der Waals surface area contributed by atoms with Crippen molar-refractivity contribution in [3.8, 4) is 5.75 Å². The molecule has 0 spiro atoms. The lowest BCUT2D eigenvalue weighted by Crippen LogP contribution is -2.28. The first-order valence-electron chi connectivity index (χ1n) is 10.2. The van der Waals surface area contributed by atoms with E-state index in [9.17, 15) is 24.5 Å². The Bertz CT molecular complexity index is 1230. The number of allylic oxidation sites excluding steroid dienone is 2. The number of nitrogens with zero attached hydrogens (tertiary/aromatic N) is 3. The molecular weight excluding hydrogens is 494 g/mol. The SMILES string of the molecule is O=C(Oc1c(C=NN2C(=O)[C@@H]3[C@H](C2=O)[C@H]2C=C[C@H]3C2)cccc1[N+](=O)[O-])c1ccc(Br)cc1. The quantitative estimate of drug-likeness (QED) is 0.115. The molecule has 2 aromatic carbocycles. The zero-order valence-electron chi connectivity index (χ0n) is 17.0. The third-order valence-corrected chi connectivity index (χ3v) is 6.78. The molecule has 1 heterocycles. The highest BCUT2D eigenvalue weighted by Crippen LogP contribution is 2.52. The average molecular weight is 510 g/mol. The Kier molecular flexibility index (Phi) is 5.16. The molecule has 0 unspecified atom stereocenters. The van der Waals surface area contributed by atoms with Crippen LogP contribution in [0.3, 0.4) is 0 Å². The fraction of sp³-hybridized carbons (Fsp3) is 0.217. The van der Waals surface area contributed by atoms with Crippen LogP contribution >= 0.6 is 15.9 Å². The molecule has 10 heteroatoms. The maximum absolute atomic E-state index is 12.8. The molecule has 1 aliphatic heterocycles. The summed E-state index contributed by atoms with van der Waals surface area (Å²) in [6, 6.07) is 10.4. The Morgan fingerprint density at radius 1 is 1.09 bits per heavy atom. The molecule has 2 aliphatic carbocycles. The van der Waals surface area contributed by atoms with Gasteiger partial charge in [-0.05, 0) is 48.6 Å². The van der Waals surface area contributed by atoms with E-state index in [0.717, 1.165) is 22.1 Å². The summed E-state index contributed by atoms with van der Waals surface area (Å²) in [5.41, 5.74) is -0.157. The summed E-state index contributed by atoms with van der Waals surface area (Å²) in [5.74, 6) is -2.62. The minimum Gasteiger partial charge on any atom is -0.415 e. The number of carbonyl (C=O) groups is 3. The van der Waals surface area contributed by atoms with Crippen LogP contribution in [0.15, 0.2) is 64.2 Å². The highest BCUT2D eigenvalue weighted by Gasteiger charge is 2.59. The van der Waals surface area contributed by atoms with E-state index >= 15 is 0 Å². The van der Waals surface area contributed by atoms with Gasteiger partial charge in [0.15, 0.2) is 0 Å². The van der Waals surface area contributed by atoms with E-state index < -0.39 is 28.4 Å². The summed E-state index contributed by atoms with van der Waals surface area (Å²) < 4.78 is 6.12. The Morgan fingerprint density at radius 2 is 1.73 bits per heavy atom. The maximum Gasteiger partial charge on any atom is 0.343 e. The van der Waals surface area contributed by atoms with Crippen molar-refractivity contribution >= 4 is 45.6 Å².